The van der Waals surface area contributed by atoms with Crippen LogP contribution >= 0.6 is 0 Å². The average molecular weight is 338 g/mol. The lowest BCUT2D eigenvalue weighted by atomic mass is 10.3. The molecule has 2 aromatic carbocycles. The highest BCUT2D eigenvalue weighted by molar-refractivity contribution is 6.02. The number of nitrogens with zero attached hydrogens (tertiary/aromatic N) is 2. The number of carbonyl (C=O) groups excluding carboxylic acids is 1. The molecule has 0 spiro atoms. The van der Waals surface area contributed by atoms with Gasteiger partial charge in [0.25, 0.3) is 5.91 Å². The molecule has 0 unspecified atom stereocenters. The highest BCUT2D eigenvalue weighted by Crippen LogP contribution is 2.17. The first-order chi connectivity index (χ1) is 12.1. The van der Waals surface area contributed by atoms with Crippen molar-refractivity contribution in [2.24, 2.45) is 0 Å². The number of hydrogen-bond donors (Lipinski definition) is 2. The van der Waals surface area contributed by atoms with Crippen molar-refractivity contribution in [1.29, 1.82) is 0 Å². The zero-order valence-corrected chi connectivity index (χ0v) is 13.4. The molecule has 1 aromatic heterocycles. The number of halogens is 1. The quantitative estimate of drug-likeness (QED) is 0.743. The Bertz CT molecular complexity index is 867. The number of anilines is 3. The first kappa shape index (κ1) is 16.4. The smallest absolute Gasteiger partial charge is 0.276 e. The highest BCUT2D eigenvalue weighted by atomic mass is 19.1. The summed E-state index contributed by atoms with van der Waals surface area (Å²) >= 11 is 0. The Labute approximate surface area is 143 Å². The van der Waals surface area contributed by atoms with E-state index in [2.05, 4.69) is 20.8 Å². The Kier molecular flexibility index (Phi) is 4.84. The van der Waals surface area contributed by atoms with E-state index in [4.69, 9.17) is 4.74 Å². The minimum Gasteiger partial charge on any atom is -0.497 e. The molecule has 0 fully saturated rings. The lowest BCUT2D eigenvalue weighted by Crippen LogP contribution is -2.14. The normalized spacial score (nSPS) is 10.2. The van der Waals surface area contributed by atoms with E-state index in [9.17, 15) is 9.18 Å². The second-order valence-electron chi connectivity index (χ2n) is 5.12. The predicted molar refractivity (Wildman–Crippen MR) is 92.7 cm³/mol. The van der Waals surface area contributed by atoms with Crippen LogP contribution in [-0.4, -0.2) is 23.2 Å². The van der Waals surface area contributed by atoms with E-state index in [1.165, 1.54) is 18.2 Å². The van der Waals surface area contributed by atoms with E-state index in [1.807, 2.05) is 0 Å². The van der Waals surface area contributed by atoms with Crippen LogP contribution in [0.2, 0.25) is 0 Å². The average Bonchev–Trinajstić information content (AvgIpc) is 2.63. The van der Waals surface area contributed by atoms with Crippen LogP contribution in [0.3, 0.4) is 0 Å². The van der Waals surface area contributed by atoms with Gasteiger partial charge in [0, 0.05) is 11.4 Å². The van der Waals surface area contributed by atoms with Crippen LogP contribution in [-0.2, 0) is 0 Å². The summed E-state index contributed by atoms with van der Waals surface area (Å²) in [6, 6.07) is 16.1. The molecule has 25 heavy (non-hydrogen) atoms. The minimum absolute atomic E-state index is 0.167. The maximum Gasteiger partial charge on any atom is 0.276 e. The predicted octanol–water partition coefficient (Wildman–Crippen LogP) is 3.62. The number of methoxy groups -OCH3 is 1. The van der Waals surface area contributed by atoms with Crippen LogP contribution < -0.4 is 15.4 Å². The Morgan fingerprint density at radius 2 is 1.80 bits per heavy atom. The SMILES string of the molecule is COc1ccc(NC(=O)c2ccc(Nc3cccc(F)c3)nn2)cc1. The third-order valence-corrected chi connectivity index (χ3v) is 3.34. The fourth-order valence-electron chi connectivity index (χ4n) is 2.10. The van der Waals surface area contributed by atoms with Crippen LogP contribution in [0.1, 0.15) is 10.5 Å². The Balaban J connectivity index is 1.65. The van der Waals surface area contributed by atoms with E-state index in [0.29, 0.717) is 22.9 Å². The van der Waals surface area contributed by atoms with Gasteiger partial charge < -0.3 is 15.4 Å². The zero-order chi connectivity index (χ0) is 17.6. The lowest BCUT2D eigenvalue weighted by molar-refractivity contribution is 0.102. The van der Waals surface area contributed by atoms with Crippen LogP contribution in [0.15, 0.2) is 60.7 Å². The van der Waals surface area contributed by atoms with Gasteiger partial charge in [0.05, 0.1) is 7.11 Å². The largest absolute Gasteiger partial charge is 0.497 e. The number of benzene rings is 2. The summed E-state index contributed by atoms with van der Waals surface area (Å²) in [5.74, 6) is 0.376. The summed E-state index contributed by atoms with van der Waals surface area (Å²) < 4.78 is 18.2. The van der Waals surface area contributed by atoms with Crippen LogP contribution in [0.25, 0.3) is 0 Å². The Morgan fingerprint density at radius 1 is 1.00 bits per heavy atom. The van der Waals surface area contributed by atoms with E-state index in [-0.39, 0.29) is 17.4 Å². The molecule has 0 saturated carbocycles. The molecule has 0 bridgehead atoms. The molecule has 0 atom stereocenters. The maximum atomic E-state index is 13.2. The molecule has 3 aromatic rings. The van der Waals surface area contributed by atoms with Gasteiger partial charge in [0.1, 0.15) is 11.6 Å². The van der Waals surface area contributed by atoms with Gasteiger partial charge in [-0.3, -0.25) is 4.79 Å². The second kappa shape index (κ2) is 7.39. The lowest BCUT2D eigenvalue weighted by Gasteiger charge is -2.07. The van der Waals surface area contributed by atoms with Crippen molar-refractivity contribution in [2.45, 2.75) is 0 Å². The molecule has 0 aliphatic heterocycles. The zero-order valence-electron chi connectivity index (χ0n) is 13.4. The van der Waals surface area contributed by atoms with Gasteiger partial charge in [0.2, 0.25) is 0 Å². The molecular weight excluding hydrogens is 323 g/mol. The van der Waals surface area contributed by atoms with Gasteiger partial charge in [-0.1, -0.05) is 6.07 Å². The molecule has 2 N–H and O–H groups in total. The van der Waals surface area contributed by atoms with Crippen molar-refractivity contribution in [3.05, 3.63) is 72.2 Å². The molecule has 0 saturated heterocycles. The fraction of sp³-hybridized carbons (Fsp3) is 0.0556. The van der Waals surface area contributed by atoms with E-state index < -0.39 is 0 Å². The van der Waals surface area contributed by atoms with E-state index in [0.717, 1.165) is 0 Å². The second-order valence-corrected chi connectivity index (χ2v) is 5.12. The van der Waals surface area contributed by atoms with Crippen molar-refractivity contribution in [3.63, 3.8) is 0 Å². The van der Waals surface area contributed by atoms with Gasteiger partial charge in [-0.25, -0.2) is 4.39 Å². The van der Waals surface area contributed by atoms with Crippen molar-refractivity contribution in [2.75, 3.05) is 17.7 Å². The summed E-state index contributed by atoms with van der Waals surface area (Å²) in [4.78, 5) is 12.2. The number of aromatic nitrogens is 2. The number of hydrogen-bond acceptors (Lipinski definition) is 5. The molecule has 0 radical (unpaired) electrons. The van der Waals surface area contributed by atoms with Crippen LogP contribution in [0.4, 0.5) is 21.6 Å². The first-order valence-electron chi connectivity index (χ1n) is 7.46. The van der Waals surface area contributed by atoms with Gasteiger partial charge in [-0.05, 0) is 54.6 Å². The third-order valence-electron chi connectivity index (χ3n) is 3.34. The fourth-order valence-corrected chi connectivity index (χ4v) is 2.10. The summed E-state index contributed by atoms with van der Waals surface area (Å²) in [5, 5.41) is 13.4. The molecule has 1 heterocycles. The van der Waals surface area contributed by atoms with Crippen molar-refractivity contribution < 1.29 is 13.9 Å². The van der Waals surface area contributed by atoms with Crippen LogP contribution in [0.5, 0.6) is 5.75 Å². The van der Waals surface area contributed by atoms with Crippen molar-refractivity contribution in [1.82, 2.24) is 10.2 Å². The number of amides is 1. The summed E-state index contributed by atoms with van der Waals surface area (Å²) in [6.07, 6.45) is 0. The third kappa shape index (κ3) is 4.29. The molecule has 6 nitrogen and oxygen atoms in total. The van der Waals surface area contributed by atoms with Crippen molar-refractivity contribution >= 4 is 23.1 Å². The standard InChI is InChI=1S/C18H15FN4O2/c1-25-15-7-5-13(6-8-15)21-18(24)16-9-10-17(23-22-16)20-14-4-2-3-12(19)11-14/h2-11H,1H3,(H,20,23)(H,21,24). The minimum atomic E-state index is -0.380. The monoisotopic (exact) mass is 338 g/mol. The van der Waals surface area contributed by atoms with E-state index in [1.54, 1.807) is 49.6 Å². The molecule has 7 heteroatoms. The van der Waals surface area contributed by atoms with Gasteiger partial charge in [-0.2, -0.15) is 0 Å². The van der Waals surface area contributed by atoms with Gasteiger partial charge in [0.15, 0.2) is 11.5 Å². The number of rotatable bonds is 5. The molecule has 1 amide bonds. The van der Waals surface area contributed by atoms with Crippen LogP contribution in [0, 0.1) is 5.82 Å². The first-order valence-corrected chi connectivity index (χ1v) is 7.46. The molecule has 0 aliphatic rings. The van der Waals surface area contributed by atoms with E-state index >= 15 is 0 Å². The Hall–Kier alpha value is -3.48. The van der Waals surface area contributed by atoms with Gasteiger partial charge >= 0.3 is 0 Å². The molecular formula is C18H15FN4O2. The molecule has 126 valence electrons. The highest BCUT2D eigenvalue weighted by Gasteiger charge is 2.09. The molecule has 0 aliphatic carbocycles. The van der Waals surface area contributed by atoms with Crippen molar-refractivity contribution in [3.8, 4) is 5.75 Å². The Morgan fingerprint density at radius 3 is 2.44 bits per heavy atom. The summed E-state index contributed by atoms with van der Waals surface area (Å²) in [7, 11) is 1.57. The number of carbonyl (C=O) groups is 1. The topological polar surface area (TPSA) is 76.1 Å². The number of nitrogens with one attached hydrogen (secondary N) is 2. The maximum absolute atomic E-state index is 13.2. The number of ether oxygens (including phenoxy) is 1. The summed E-state index contributed by atoms with van der Waals surface area (Å²) in [6.45, 7) is 0. The molecule has 3 rings (SSSR count). The summed E-state index contributed by atoms with van der Waals surface area (Å²) in [5.41, 5.74) is 1.33. The van der Waals surface area contributed by atoms with Gasteiger partial charge in [-0.15, -0.1) is 10.2 Å².